The first-order valence-electron chi connectivity index (χ1n) is 4.90. The lowest BCUT2D eigenvalue weighted by molar-refractivity contribution is 0.0956. The molecule has 1 unspecified atom stereocenters. The Bertz CT molecular complexity index is 423. The van der Waals surface area contributed by atoms with Crippen LogP contribution < -0.4 is 0 Å². The maximum Gasteiger partial charge on any atom is 0.171 e. The lowest BCUT2D eigenvalue weighted by Gasteiger charge is -2.05. The molecule has 1 atom stereocenters. The van der Waals surface area contributed by atoms with Crippen LogP contribution in [0.15, 0.2) is 29.3 Å². The van der Waals surface area contributed by atoms with Crippen molar-refractivity contribution in [2.45, 2.75) is 6.42 Å². The molecule has 1 aromatic carbocycles. The molecular formula is C12H11NO2. The molecule has 1 aromatic rings. The van der Waals surface area contributed by atoms with Gasteiger partial charge in [0.2, 0.25) is 0 Å². The average Bonchev–Trinajstić information content (AvgIpc) is 2.81. The lowest BCUT2D eigenvalue weighted by atomic mass is 9.96. The van der Waals surface area contributed by atoms with E-state index in [1.54, 1.807) is 30.5 Å². The number of carbonyl (C=O) groups is 2. The predicted molar refractivity (Wildman–Crippen MR) is 57.6 cm³/mol. The molecule has 0 saturated carbocycles. The number of aliphatic imine (C=N–C) groups is 1. The summed E-state index contributed by atoms with van der Waals surface area (Å²) in [5, 5.41) is 0. The third-order valence-electron chi connectivity index (χ3n) is 2.50. The van der Waals surface area contributed by atoms with E-state index in [2.05, 4.69) is 4.99 Å². The summed E-state index contributed by atoms with van der Waals surface area (Å²) in [6.45, 7) is 0.726. The summed E-state index contributed by atoms with van der Waals surface area (Å²) in [5.74, 6) is -0.0492. The third-order valence-corrected chi connectivity index (χ3v) is 2.50. The van der Waals surface area contributed by atoms with E-state index in [0.717, 1.165) is 19.3 Å². The van der Waals surface area contributed by atoms with E-state index in [9.17, 15) is 9.59 Å². The van der Waals surface area contributed by atoms with Crippen molar-refractivity contribution in [3.05, 3.63) is 35.4 Å². The molecule has 0 aliphatic carbocycles. The number of nitrogens with zero attached hydrogens (tertiary/aromatic N) is 1. The van der Waals surface area contributed by atoms with Crippen molar-refractivity contribution >= 4 is 18.3 Å². The van der Waals surface area contributed by atoms with Crippen molar-refractivity contribution in [2.24, 2.45) is 10.9 Å². The molecular weight excluding hydrogens is 190 g/mol. The summed E-state index contributed by atoms with van der Waals surface area (Å²) in [6, 6.07) is 6.78. The summed E-state index contributed by atoms with van der Waals surface area (Å²) >= 11 is 0. The molecule has 0 radical (unpaired) electrons. The van der Waals surface area contributed by atoms with Crippen LogP contribution in [-0.2, 0) is 0 Å². The van der Waals surface area contributed by atoms with E-state index in [1.807, 2.05) is 0 Å². The molecule has 0 fully saturated rings. The van der Waals surface area contributed by atoms with E-state index in [-0.39, 0.29) is 11.7 Å². The first-order chi connectivity index (χ1) is 7.31. The van der Waals surface area contributed by atoms with Gasteiger partial charge < -0.3 is 0 Å². The normalized spacial score (nSPS) is 19.1. The molecule has 3 heteroatoms. The highest BCUT2D eigenvalue weighted by molar-refractivity contribution is 6.07. The van der Waals surface area contributed by atoms with Crippen LogP contribution >= 0.6 is 0 Å². The van der Waals surface area contributed by atoms with Crippen LogP contribution in [0.1, 0.15) is 27.1 Å². The summed E-state index contributed by atoms with van der Waals surface area (Å²) < 4.78 is 0. The van der Waals surface area contributed by atoms with Crippen molar-refractivity contribution in [1.29, 1.82) is 0 Å². The fraction of sp³-hybridized carbons (Fsp3) is 0.250. The van der Waals surface area contributed by atoms with Gasteiger partial charge in [-0.05, 0) is 12.5 Å². The number of carbonyl (C=O) groups excluding carboxylic acids is 2. The summed E-state index contributed by atoms with van der Waals surface area (Å²) in [6.07, 6.45) is 3.24. The molecule has 15 heavy (non-hydrogen) atoms. The van der Waals surface area contributed by atoms with Crippen LogP contribution in [-0.4, -0.2) is 24.8 Å². The van der Waals surface area contributed by atoms with Crippen molar-refractivity contribution in [3.8, 4) is 0 Å². The third kappa shape index (κ3) is 2.01. The Labute approximate surface area is 87.8 Å². The zero-order chi connectivity index (χ0) is 10.7. The van der Waals surface area contributed by atoms with Gasteiger partial charge in [0.15, 0.2) is 5.78 Å². The second kappa shape index (κ2) is 4.17. The van der Waals surface area contributed by atoms with E-state index in [0.29, 0.717) is 11.1 Å². The summed E-state index contributed by atoms with van der Waals surface area (Å²) in [5.41, 5.74) is 1.13. The fourth-order valence-corrected chi connectivity index (χ4v) is 1.67. The van der Waals surface area contributed by atoms with Crippen LogP contribution in [0.5, 0.6) is 0 Å². The van der Waals surface area contributed by atoms with Crippen molar-refractivity contribution < 1.29 is 9.59 Å². The number of aldehydes is 1. The highest BCUT2D eigenvalue weighted by Crippen LogP contribution is 2.15. The topological polar surface area (TPSA) is 46.5 Å². The first kappa shape index (κ1) is 9.77. The number of hydrogen-bond donors (Lipinski definition) is 0. The molecule has 0 amide bonds. The zero-order valence-electron chi connectivity index (χ0n) is 8.22. The van der Waals surface area contributed by atoms with Gasteiger partial charge in [-0.15, -0.1) is 0 Å². The van der Waals surface area contributed by atoms with E-state index in [1.165, 1.54) is 0 Å². The zero-order valence-corrected chi connectivity index (χ0v) is 8.22. The van der Waals surface area contributed by atoms with Crippen molar-refractivity contribution in [2.75, 3.05) is 6.54 Å². The Morgan fingerprint density at radius 2 is 2.33 bits per heavy atom. The largest absolute Gasteiger partial charge is 0.298 e. The van der Waals surface area contributed by atoms with Crippen LogP contribution in [0.25, 0.3) is 0 Å². The molecule has 1 aliphatic heterocycles. The minimum absolute atomic E-state index is 0.0555. The fourth-order valence-electron chi connectivity index (χ4n) is 1.67. The Hall–Kier alpha value is -1.77. The number of ketones is 1. The van der Waals surface area contributed by atoms with Gasteiger partial charge in [-0.1, -0.05) is 18.2 Å². The second-order valence-electron chi connectivity index (χ2n) is 3.56. The lowest BCUT2D eigenvalue weighted by Crippen LogP contribution is -2.13. The van der Waals surface area contributed by atoms with Gasteiger partial charge in [0, 0.05) is 23.9 Å². The molecule has 0 saturated heterocycles. The van der Waals surface area contributed by atoms with Crippen LogP contribution in [0.2, 0.25) is 0 Å². The Morgan fingerprint density at radius 3 is 3.00 bits per heavy atom. The highest BCUT2D eigenvalue weighted by atomic mass is 16.1. The molecule has 1 heterocycles. The summed E-state index contributed by atoms with van der Waals surface area (Å²) in [7, 11) is 0. The first-order valence-corrected chi connectivity index (χ1v) is 4.90. The van der Waals surface area contributed by atoms with Gasteiger partial charge >= 0.3 is 0 Å². The van der Waals surface area contributed by atoms with Crippen LogP contribution in [0, 0.1) is 5.92 Å². The molecule has 0 N–H and O–H groups in total. The Balaban J connectivity index is 2.24. The minimum Gasteiger partial charge on any atom is -0.298 e. The monoisotopic (exact) mass is 201 g/mol. The predicted octanol–water partition coefficient (Wildman–Crippen LogP) is 1.77. The molecule has 3 nitrogen and oxygen atoms in total. The van der Waals surface area contributed by atoms with Crippen molar-refractivity contribution in [1.82, 2.24) is 0 Å². The molecule has 2 rings (SSSR count). The second-order valence-corrected chi connectivity index (χ2v) is 3.56. The Kier molecular flexibility index (Phi) is 2.72. The average molecular weight is 201 g/mol. The number of benzene rings is 1. The van der Waals surface area contributed by atoms with E-state index < -0.39 is 0 Å². The smallest absolute Gasteiger partial charge is 0.171 e. The van der Waals surface area contributed by atoms with Gasteiger partial charge in [0.05, 0.1) is 5.92 Å². The van der Waals surface area contributed by atoms with Gasteiger partial charge in [0.25, 0.3) is 0 Å². The standard InChI is InChI=1S/C12H11NO2/c14-8-9-2-1-3-10(6-9)12(15)11-4-5-13-7-11/h1-3,6-8,11H,4-5H2. The maximum absolute atomic E-state index is 11.9. The summed E-state index contributed by atoms with van der Waals surface area (Å²) in [4.78, 5) is 26.5. The number of hydrogen-bond acceptors (Lipinski definition) is 3. The van der Waals surface area contributed by atoms with Crippen LogP contribution in [0.4, 0.5) is 0 Å². The molecule has 0 bridgehead atoms. The van der Waals surface area contributed by atoms with Crippen molar-refractivity contribution in [3.63, 3.8) is 0 Å². The molecule has 76 valence electrons. The van der Waals surface area contributed by atoms with E-state index >= 15 is 0 Å². The van der Waals surface area contributed by atoms with Crippen LogP contribution in [0.3, 0.4) is 0 Å². The molecule has 0 aromatic heterocycles. The minimum atomic E-state index is -0.105. The number of rotatable bonds is 3. The molecule has 1 aliphatic rings. The van der Waals surface area contributed by atoms with E-state index in [4.69, 9.17) is 0 Å². The SMILES string of the molecule is O=Cc1cccc(C(=O)C2C=NCC2)c1. The van der Waals surface area contributed by atoms with Gasteiger partial charge in [-0.3, -0.25) is 14.6 Å². The van der Waals surface area contributed by atoms with Gasteiger partial charge in [-0.2, -0.15) is 0 Å². The van der Waals surface area contributed by atoms with Gasteiger partial charge in [-0.25, -0.2) is 0 Å². The Morgan fingerprint density at radius 1 is 1.47 bits per heavy atom. The number of Topliss-reactive ketones (excluding diaryl/α,β-unsaturated/α-hetero) is 1. The molecule has 0 spiro atoms. The quantitative estimate of drug-likeness (QED) is 0.552. The van der Waals surface area contributed by atoms with Gasteiger partial charge in [0.1, 0.15) is 6.29 Å². The highest BCUT2D eigenvalue weighted by Gasteiger charge is 2.20. The maximum atomic E-state index is 11.9.